The normalized spacial score (nSPS) is 15.9. The van der Waals surface area contributed by atoms with Crippen molar-refractivity contribution < 1.29 is 4.79 Å². The topological polar surface area (TPSA) is 78.4 Å². The fraction of sp³-hybridized carbons (Fsp3) is 0.722. The van der Waals surface area contributed by atoms with Crippen LogP contribution in [0, 0.1) is 13.8 Å². The Bertz CT molecular complexity index is 559. The summed E-state index contributed by atoms with van der Waals surface area (Å²) in [6, 6.07) is 0.336. The molecule has 0 atom stereocenters. The average Bonchev–Trinajstić information content (AvgIpc) is 2.91. The summed E-state index contributed by atoms with van der Waals surface area (Å²) in [7, 11) is 0. The first-order valence-electron chi connectivity index (χ1n) is 9.33. The molecule has 1 amide bonds. The summed E-state index contributed by atoms with van der Waals surface area (Å²) >= 11 is 1.74. The first-order chi connectivity index (χ1) is 12.1. The first kappa shape index (κ1) is 19.7. The third-order valence-corrected chi connectivity index (χ3v) is 5.53. The predicted octanol–water partition coefficient (Wildman–Crippen LogP) is 2.31. The van der Waals surface area contributed by atoms with Gasteiger partial charge in [-0.25, -0.2) is 9.98 Å². The number of aromatic nitrogens is 1. The van der Waals surface area contributed by atoms with Gasteiger partial charge in [-0.2, -0.15) is 0 Å². The van der Waals surface area contributed by atoms with Crippen molar-refractivity contribution in [1.29, 1.82) is 0 Å². The Hall–Kier alpha value is -1.63. The van der Waals surface area contributed by atoms with Crippen LogP contribution in [0.3, 0.4) is 0 Å². The number of hydrogen-bond acceptors (Lipinski definition) is 4. The maximum atomic E-state index is 12.1. The van der Waals surface area contributed by atoms with Crippen LogP contribution in [0.5, 0.6) is 0 Å². The Labute approximate surface area is 154 Å². The van der Waals surface area contributed by atoms with Gasteiger partial charge in [-0.05, 0) is 33.6 Å². The van der Waals surface area contributed by atoms with Crippen molar-refractivity contribution in [2.24, 2.45) is 4.99 Å². The summed E-state index contributed by atoms with van der Waals surface area (Å²) in [6.45, 7) is 7.85. The highest BCUT2D eigenvalue weighted by atomic mass is 32.1. The minimum absolute atomic E-state index is 0.00951. The number of carbonyl (C=O) groups is 1. The van der Waals surface area contributed by atoms with Gasteiger partial charge in [0.05, 0.1) is 10.7 Å². The van der Waals surface area contributed by atoms with E-state index in [9.17, 15) is 4.79 Å². The lowest BCUT2D eigenvalue weighted by atomic mass is 9.95. The maximum absolute atomic E-state index is 12.1. The SMILES string of the molecule is CCNC(=NCC(=O)NC1CCCCC1)NCCc1nc(C)c(C)s1. The molecule has 1 aromatic rings. The Kier molecular flexibility index (Phi) is 8.18. The average molecular weight is 366 g/mol. The first-order valence-corrected chi connectivity index (χ1v) is 10.1. The molecule has 0 radical (unpaired) electrons. The molecule has 140 valence electrons. The molecule has 1 fully saturated rings. The smallest absolute Gasteiger partial charge is 0.242 e. The van der Waals surface area contributed by atoms with E-state index in [1.165, 1.54) is 24.1 Å². The maximum Gasteiger partial charge on any atom is 0.242 e. The minimum atomic E-state index is 0.00951. The summed E-state index contributed by atoms with van der Waals surface area (Å²) in [6.07, 6.45) is 6.78. The Balaban J connectivity index is 1.75. The molecule has 25 heavy (non-hydrogen) atoms. The quantitative estimate of drug-likeness (QED) is 0.512. The molecule has 0 bridgehead atoms. The molecule has 2 rings (SSSR count). The Morgan fingerprint density at radius 1 is 1.24 bits per heavy atom. The molecule has 1 aliphatic carbocycles. The van der Waals surface area contributed by atoms with E-state index >= 15 is 0 Å². The van der Waals surface area contributed by atoms with E-state index in [0.717, 1.165) is 43.1 Å². The molecule has 0 aliphatic heterocycles. The van der Waals surface area contributed by atoms with Crippen molar-refractivity contribution >= 4 is 23.2 Å². The van der Waals surface area contributed by atoms with Gasteiger partial charge >= 0.3 is 0 Å². The number of nitrogens with zero attached hydrogens (tertiary/aromatic N) is 2. The number of thiazole rings is 1. The van der Waals surface area contributed by atoms with Crippen LogP contribution in [0.4, 0.5) is 0 Å². The summed E-state index contributed by atoms with van der Waals surface area (Å²) in [5.41, 5.74) is 1.11. The van der Waals surface area contributed by atoms with Crippen molar-refractivity contribution in [3.05, 3.63) is 15.6 Å². The predicted molar refractivity (Wildman–Crippen MR) is 104 cm³/mol. The molecule has 1 saturated carbocycles. The highest BCUT2D eigenvalue weighted by Gasteiger charge is 2.15. The van der Waals surface area contributed by atoms with E-state index in [4.69, 9.17) is 0 Å². The highest BCUT2D eigenvalue weighted by Crippen LogP contribution is 2.17. The van der Waals surface area contributed by atoms with E-state index in [1.54, 1.807) is 11.3 Å². The molecule has 0 unspecified atom stereocenters. The van der Waals surface area contributed by atoms with Crippen LogP contribution < -0.4 is 16.0 Å². The van der Waals surface area contributed by atoms with Crippen molar-refractivity contribution in [2.45, 2.75) is 65.3 Å². The Morgan fingerprint density at radius 3 is 2.64 bits per heavy atom. The van der Waals surface area contributed by atoms with Crippen LogP contribution in [0.15, 0.2) is 4.99 Å². The van der Waals surface area contributed by atoms with E-state index in [0.29, 0.717) is 12.0 Å². The molecule has 6 nitrogen and oxygen atoms in total. The van der Waals surface area contributed by atoms with Gasteiger partial charge < -0.3 is 16.0 Å². The van der Waals surface area contributed by atoms with Crippen LogP contribution in [0.25, 0.3) is 0 Å². The number of guanidine groups is 1. The van der Waals surface area contributed by atoms with Gasteiger partial charge in [0.1, 0.15) is 6.54 Å². The fourth-order valence-electron chi connectivity index (χ4n) is 2.95. The lowest BCUT2D eigenvalue weighted by Crippen LogP contribution is -2.41. The molecule has 0 saturated heterocycles. The summed E-state index contributed by atoms with van der Waals surface area (Å²) in [5.74, 6) is 0.696. The molecule has 3 N–H and O–H groups in total. The van der Waals surface area contributed by atoms with Crippen molar-refractivity contribution in [1.82, 2.24) is 20.9 Å². The van der Waals surface area contributed by atoms with Gasteiger partial charge in [0.15, 0.2) is 5.96 Å². The zero-order valence-electron chi connectivity index (χ0n) is 15.7. The van der Waals surface area contributed by atoms with Gasteiger partial charge in [-0.3, -0.25) is 4.79 Å². The second-order valence-corrected chi connectivity index (χ2v) is 7.81. The van der Waals surface area contributed by atoms with Crippen LogP contribution in [0.1, 0.15) is 54.6 Å². The summed E-state index contributed by atoms with van der Waals surface area (Å²) in [4.78, 5) is 22.3. The third-order valence-electron chi connectivity index (χ3n) is 4.40. The largest absolute Gasteiger partial charge is 0.357 e. The number of aryl methyl sites for hydroxylation is 2. The van der Waals surface area contributed by atoms with Gasteiger partial charge in [0.25, 0.3) is 0 Å². The molecule has 1 aromatic heterocycles. The number of nitrogens with one attached hydrogen (secondary N) is 3. The summed E-state index contributed by atoms with van der Waals surface area (Å²) < 4.78 is 0. The zero-order valence-corrected chi connectivity index (χ0v) is 16.5. The number of aliphatic imine (C=N–C) groups is 1. The highest BCUT2D eigenvalue weighted by molar-refractivity contribution is 7.11. The number of rotatable bonds is 7. The fourth-order valence-corrected chi connectivity index (χ4v) is 3.88. The van der Waals surface area contributed by atoms with Gasteiger partial charge in [-0.15, -0.1) is 11.3 Å². The van der Waals surface area contributed by atoms with Crippen LogP contribution >= 0.6 is 11.3 Å². The summed E-state index contributed by atoms with van der Waals surface area (Å²) in [5, 5.41) is 10.7. The molecular formula is C18H31N5OS. The van der Waals surface area contributed by atoms with Gasteiger partial charge in [0.2, 0.25) is 5.91 Å². The zero-order chi connectivity index (χ0) is 18.1. The lowest BCUT2D eigenvalue weighted by molar-refractivity contribution is -0.120. The molecule has 1 heterocycles. The van der Waals surface area contributed by atoms with E-state index in [2.05, 4.69) is 32.9 Å². The van der Waals surface area contributed by atoms with Gasteiger partial charge in [-0.1, -0.05) is 19.3 Å². The molecular weight excluding hydrogens is 334 g/mol. The van der Waals surface area contributed by atoms with Gasteiger partial charge in [0, 0.05) is 30.4 Å². The second kappa shape index (κ2) is 10.4. The molecule has 7 heteroatoms. The Morgan fingerprint density at radius 2 is 2.00 bits per heavy atom. The van der Waals surface area contributed by atoms with E-state index in [-0.39, 0.29) is 12.5 Å². The lowest BCUT2D eigenvalue weighted by Gasteiger charge is -2.22. The van der Waals surface area contributed by atoms with Crippen molar-refractivity contribution in [3.8, 4) is 0 Å². The monoisotopic (exact) mass is 365 g/mol. The number of carbonyl (C=O) groups excluding carboxylic acids is 1. The molecule has 0 aromatic carbocycles. The van der Waals surface area contributed by atoms with E-state index in [1.807, 2.05) is 13.8 Å². The van der Waals surface area contributed by atoms with Crippen LogP contribution in [-0.2, 0) is 11.2 Å². The molecule has 1 aliphatic rings. The number of amides is 1. The second-order valence-electron chi connectivity index (χ2n) is 6.52. The van der Waals surface area contributed by atoms with Crippen LogP contribution in [-0.4, -0.2) is 42.5 Å². The number of hydrogen-bond donors (Lipinski definition) is 3. The standard InChI is InChI=1S/C18H31N5OS/c1-4-19-18(20-11-10-17-22-13(2)14(3)25-17)21-12-16(24)23-15-8-6-5-7-9-15/h15H,4-12H2,1-3H3,(H,23,24)(H2,19,20,21). The molecule has 0 spiro atoms. The van der Waals surface area contributed by atoms with Crippen molar-refractivity contribution in [2.75, 3.05) is 19.6 Å². The van der Waals surface area contributed by atoms with Crippen molar-refractivity contribution in [3.63, 3.8) is 0 Å². The third kappa shape index (κ3) is 7.02. The van der Waals surface area contributed by atoms with Crippen LogP contribution in [0.2, 0.25) is 0 Å². The van der Waals surface area contributed by atoms with E-state index < -0.39 is 0 Å². The minimum Gasteiger partial charge on any atom is -0.357 e.